The Labute approximate surface area is 122 Å². The van der Waals surface area contributed by atoms with E-state index in [-0.39, 0.29) is 10.8 Å². The van der Waals surface area contributed by atoms with Crippen molar-refractivity contribution in [2.75, 3.05) is 0 Å². The van der Waals surface area contributed by atoms with Crippen LogP contribution in [0.3, 0.4) is 0 Å². The SMILES string of the molecule is CCc1cc2c(cc1/C(C)=N\O)C(C)(C)CCC2(C)C. The minimum Gasteiger partial charge on any atom is -0.411 e. The van der Waals surface area contributed by atoms with Crippen molar-refractivity contribution < 1.29 is 5.21 Å². The fourth-order valence-electron chi connectivity index (χ4n) is 3.34. The Morgan fingerprint density at radius 1 is 1.10 bits per heavy atom. The van der Waals surface area contributed by atoms with Crippen molar-refractivity contribution >= 4 is 5.71 Å². The Bertz CT molecular complexity index is 553. The van der Waals surface area contributed by atoms with Gasteiger partial charge in [0.25, 0.3) is 0 Å². The molecule has 0 heterocycles. The summed E-state index contributed by atoms with van der Waals surface area (Å²) in [7, 11) is 0. The molecule has 2 nitrogen and oxygen atoms in total. The molecule has 0 saturated carbocycles. The van der Waals surface area contributed by atoms with Gasteiger partial charge < -0.3 is 5.21 Å². The molecule has 0 radical (unpaired) electrons. The second-order valence-electron chi connectivity index (χ2n) is 7.36. The summed E-state index contributed by atoms with van der Waals surface area (Å²) in [6.45, 7) is 13.4. The molecule has 1 N–H and O–H groups in total. The highest BCUT2D eigenvalue weighted by atomic mass is 16.4. The van der Waals surface area contributed by atoms with Gasteiger partial charge in [0, 0.05) is 5.56 Å². The summed E-state index contributed by atoms with van der Waals surface area (Å²) in [5.74, 6) is 0. The van der Waals surface area contributed by atoms with Crippen molar-refractivity contribution in [1.82, 2.24) is 0 Å². The van der Waals surface area contributed by atoms with Gasteiger partial charge in [-0.3, -0.25) is 0 Å². The lowest BCUT2D eigenvalue weighted by Gasteiger charge is -2.42. The molecule has 0 amide bonds. The van der Waals surface area contributed by atoms with E-state index in [0.717, 1.165) is 12.0 Å². The van der Waals surface area contributed by atoms with Gasteiger partial charge in [-0.15, -0.1) is 0 Å². The highest BCUT2D eigenvalue weighted by Gasteiger charge is 2.37. The van der Waals surface area contributed by atoms with Gasteiger partial charge >= 0.3 is 0 Å². The molecule has 1 aromatic rings. The largest absolute Gasteiger partial charge is 0.411 e. The third-order valence-electron chi connectivity index (χ3n) is 5.00. The van der Waals surface area contributed by atoms with Crippen molar-refractivity contribution in [2.24, 2.45) is 5.16 Å². The van der Waals surface area contributed by atoms with E-state index in [1.807, 2.05) is 6.92 Å². The highest BCUT2D eigenvalue weighted by molar-refractivity contribution is 6.00. The lowest BCUT2D eigenvalue weighted by molar-refractivity contribution is 0.318. The molecular weight excluding hydrogens is 246 g/mol. The topological polar surface area (TPSA) is 32.6 Å². The molecule has 110 valence electrons. The van der Waals surface area contributed by atoms with Gasteiger partial charge in [-0.2, -0.15) is 0 Å². The predicted molar refractivity (Wildman–Crippen MR) is 85.1 cm³/mol. The van der Waals surface area contributed by atoms with Crippen LogP contribution in [0.2, 0.25) is 0 Å². The molecule has 0 bridgehead atoms. The van der Waals surface area contributed by atoms with E-state index < -0.39 is 0 Å². The summed E-state index contributed by atoms with van der Waals surface area (Å²) in [6.07, 6.45) is 3.39. The fourth-order valence-corrected chi connectivity index (χ4v) is 3.34. The number of nitrogens with zero attached hydrogens (tertiary/aromatic N) is 1. The summed E-state index contributed by atoms with van der Waals surface area (Å²) in [4.78, 5) is 0. The molecule has 0 fully saturated rings. The number of benzene rings is 1. The average Bonchev–Trinajstić information content (AvgIpc) is 2.42. The number of aryl methyl sites for hydroxylation is 1. The van der Waals surface area contributed by atoms with Crippen molar-refractivity contribution in [3.8, 4) is 0 Å². The second kappa shape index (κ2) is 4.91. The van der Waals surface area contributed by atoms with E-state index in [0.29, 0.717) is 5.71 Å². The van der Waals surface area contributed by atoms with Crippen LogP contribution in [0.5, 0.6) is 0 Å². The van der Waals surface area contributed by atoms with Crippen LogP contribution in [0.4, 0.5) is 0 Å². The maximum absolute atomic E-state index is 9.13. The highest BCUT2D eigenvalue weighted by Crippen LogP contribution is 2.46. The van der Waals surface area contributed by atoms with Crippen LogP contribution in [-0.2, 0) is 17.3 Å². The Morgan fingerprint density at radius 3 is 2.05 bits per heavy atom. The van der Waals surface area contributed by atoms with E-state index >= 15 is 0 Å². The molecule has 0 atom stereocenters. The van der Waals surface area contributed by atoms with Gasteiger partial charge in [0.05, 0.1) is 5.71 Å². The first-order valence-electron chi connectivity index (χ1n) is 7.60. The minimum atomic E-state index is 0.196. The Kier molecular flexibility index (Phi) is 3.70. The maximum atomic E-state index is 9.13. The van der Waals surface area contributed by atoms with Gasteiger partial charge in [-0.1, -0.05) is 45.8 Å². The molecule has 20 heavy (non-hydrogen) atoms. The van der Waals surface area contributed by atoms with Crippen molar-refractivity contribution in [2.45, 2.75) is 71.6 Å². The van der Waals surface area contributed by atoms with E-state index in [9.17, 15) is 0 Å². The first kappa shape index (κ1) is 15.1. The molecule has 0 aromatic heterocycles. The summed E-state index contributed by atoms with van der Waals surface area (Å²) < 4.78 is 0. The number of hydrogen-bond acceptors (Lipinski definition) is 2. The van der Waals surface area contributed by atoms with Crippen LogP contribution in [0.15, 0.2) is 17.3 Å². The molecule has 2 heteroatoms. The lowest BCUT2D eigenvalue weighted by atomic mass is 9.62. The molecule has 0 saturated heterocycles. The lowest BCUT2D eigenvalue weighted by Crippen LogP contribution is -2.34. The predicted octanol–water partition coefficient (Wildman–Crippen LogP) is 4.80. The normalized spacial score (nSPS) is 20.6. The van der Waals surface area contributed by atoms with Crippen LogP contribution in [-0.4, -0.2) is 10.9 Å². The third-order valence-corrected chi connectivity index (χ3v) is 5.00. The van der Waals surface area contributed by atoms with Gasteiger partial charge in [-0.25, -0.2) is 0 Å². The quantitative estimate of drug-likeness (QED) is 0.469. The molecular formula is C18H27NO. The zero-order chi connectivity index (χ0) is 15.1. The van der Waals surface area contributed by atoms with Gasteiger partial charge in [0.15, 0.2) is 0 Å². The number of oxime groups is 1. The van der Waals surface area contributed by atoms with Gasteiger partial charge in [0.1, 0.15) is 0 Å². The zero-order valence-corrected chi connectivity index (χ0v) is 13.7. The van der Waals surface area contributed by atoms with Crippen LogP contribution in [0.1, 0.15) is 76.6 Å². The smallest absolute Gasteiger partial charge is 0.0839 e. The first-order valence-corrected chi connectivity index (χ1v) is 7.60. The average molecular weight is 273 g/mol. The summed E-state index contributed by atoms with van der Waals surface area (Å²) in [6, 6.07) is 4.62. The van der Waals surface area contributed by atoms with Crippen LogP contribution < -0.4 is 0 Å². The van der Waals surface area contributed by atoms with Crippen LogP contribution >= 0.6 is 0 Å². The van der Waals surface area contributed by atoms with E-state index in [4.69, 9.17) is 5.21 Å². The zero-order valence-electron chi connectivity index (χ0n) is 13.7. The third kappa shape index (κ3) is 2.36. The number of fused-ring (bicyclic) bond motifs is 1. The molecule has 0 aliphatic heterocycles. The Hall–Kier alpha value is -1.31. The summed E-state index contributed by atoms with van der Waals surface area (Å²) in [5, 5.41) is 12.6. The number of hydrogen-bond donors (Lipinski definition) is 1. The molecule has 0 unspecified atom stereocenters. The van der Waals surface area contributed by atoms with E-state index in [1.165, 1.54) is 29.5 Å². The molecule has 1 aliphatic rings. The second-order valence-corrected chi connectivity index (χ2v) is 7.36. The Morgan fingerprint density at radius 2 is 1.60 bits per heavy atom. The van der Waals surface area contributed by atoms with Crippen LogP contribution in [0, 0.1) is 0 Å². The van der Waals surface area contributed by atoms with E-state index in [1.54, 1.807) is 0 Å². The maximum Gasteiger partial charge on any atom is 0.0839 e. The molecule has 0 spiro atoms. The minimum absolute atomic E-state index is 0.196. The molecule has 1 aliphatic carbocycles. The van der Waals surface area contributed by atoms with Crippen molar-refractivity contribution in [1.29, 1.82) is 0 Å². The summed E-state index contributed by atoms with van der Waals surface area (Å²) >= 11 is 0. The Balaban J connectivity index is 2.74. The molecule has 1 aromatic carbocycles. The van der Waals surface area contributed by atoms with Crippen LogP contribution in [0.25, 0.3) is 0 Å². The van der Waals surface area contributed by atoms with Crippen molar-refractivity contribution in [3.63, 3.8) is 0 Å². The number of rotatable bonds is 2. The van der Waals surface area contributed by atoms with Gasteiger partial charge in [0.2, 0.25) is 0 Å². The van der Waals surface area contributed by atoms with Gasteiger partial charge in [-0.05, 0) is 59.8 Å². The van der Waals surface area contributed by atoms with Crippen molar-refractivity contribution in [3.05, 3.63) is 34.4 Å². The molecule has 2 rings (SSSR count). The monoisotopic (exact) mass is 273 g/mol. The first-order chi connectivity index (χ1) is 9.23. The standard InChI is InChI=1S/C18H27NO/c1-7-13-10-15-16(11-14(13)12(2)19-20)18(5,6)9-8-17(15,3)4/h10-11,20H,7-9H2,1-6H3/b19-12-. The fraction of sp³-hybridized carbons (Fsp3) is 0.611. The summed E-state index contributed by atoms with van der Waals surface area (Å²) in [5.41, 5.74) is 6.41. The van der Waals surface area contributed by atoms with E-state index in [2.05, 4.69) is 51.9 Å².